The van der Waals surface area contributed by atoms with Crippen LogP contribution in [0.5, 0.6) is 0 Å². The number of halogens is 3. The molecule has 1 amide bonds. The van der Waals surface area contributed by atoms with E-state index in [9.17, 15) is 22.8 Å². The lowest BCUT2D eigenvalue weighted by Crippen LogP contribution is -2.26. The summed E-state index contributed by atoms with van der Waals surface area (Å²) in [7, 11) is 1.30. The van der Waals surface area contributed by atoms with E-state index >= 15 is 0 Å². The molecule has 0 aliphatic rings. The standard InChI is InChI=1S/C22H24F3N5O3/c1-12-10-18(22(23,24)25)28-30(12)15(4)20(31)26-19-13(2)27-29(14(19)3)11-16-8-6-7-9-17(16)21(32)33-5/h6-10,15H,11H2,1-5H3,(H,26,31). The van der Waals surface area contributed by atoms with Gasteiger partial charge in [-0.1, -0.05) is 18.2 Å². The second-order valence-electron chi connectivity index (χ2n) is 7.63. The number of amides is 1. The van der Waals surface area contributed by atoms with Gasteiger partial charge in [0.1, 0.15) is 6.04 Å². The summed E-state index contributed by atoms with van der Waals surface area (Å²) in [5.41, 5.74) is 1.85. The maximum absolute atomic E-state index is 13.0. The first kappa shape index (κ1) is 24.0. The van der Waals surface area contributed by atoms with Crippen molar-refractivity contribution in [1.82, 2.24) is 19.6 Å². The molecule has 11 heteroatoms. The van der Waals surface area contributed by atoms with E-state index in [-0.39, 0.29) is 12.2 Å². The van der Waals surface area contributed by atoms with E-state index in [0.29, 0.717) is 28.2 Å². The molecule has 0 saturated carbocycles. The Morgan fingerprint density at radius 2 is 1.82 bits per heavy atom. The van der Waals surface area contributed by atoms with Crippen molar-refractivity contribution >= 4 is 17.6 Å². The fourth-order valence-corrected chi connectivity index (χ4v) is 3.52. The van der Waals surface area contributed by atoms with Crippen molar-refractivity contribution in [2.24, 2.45) is 0 Å². The highest BCUT2D eigenvalue weighted by atomic mass is 19.4. The second-order valence-corrected chi connectivity index (χ2v) is 7.63. The van der Waals surface area contributed by atoms with E-state index in [2.05, 4.69) is 15.5 Å². The highest BCUT2D eigenvalue weighted by Gasteiger charge is 2.35. The SMILES string of the molecule is COC(=O)c1ccccc1Cn1nc(C)c(NC(=O)C(C)n2nc(C(F)(F)F)cc2C)c1C. The maximum atomic E-state index is 13.0. The number of aryl methyl sites for hydroxylation is 2. The van der Waals surface area contributed by atoms with Gasteiger partial charge in [-0.05, 0) is 45.4 Å². The summed E-state index contributed by atoms with van der Waals surface area (Å²) in [6, 6.07) is 6.87. The summed E-state index contributed by atoms with van der Waals surface area (Å²) in [4.78, 5) is 24.9. The number of esters is 1. The van der Waals surface area contributed by atoms with Crippen LogP contribution in [0.1, 0.15) is 51.7 Å². The smallest absolute Gasteiger partial charge is 0.435 e. The van der Waals surface area contributed by atoms with Gasteiger partial charge >= 0.3 is 12.1 Å². The number of rotatable bonds is 6. The number of methoxy groups -OCH3 is 1. The Morgan fingerprint density at radius 3 is 2.42 bits per heavy atom. The molecule has 33 heavy (non-hydrogen) atoms. The molecule has 1 aromatic carbocycles. The summed E-state index contributed by atoms with van der Waals surface area (Å²) >= 11 is 0. The maximum Gasteiger partial charge on any atom is 0.435 e. The zero-order valence-electron chi connectivity index (χ0n) is 18.8. The van der Waals surface area contributed by atoms with Gasteiger partial charge in [-0.25, -0.2) is 4.79 Å². The molecular formula is C22H24F3N5O3. The summed E-state index contributed by atoms with van der Waals surface area (Å²) in [6.07, 6.45) is -4.60. The van der Waals surface area contributed by atoms with E-state index in [0.717, 1.165) is 10.7 Å². The van der Waals surface area contributed by atoms with Gasteiger partial charge in [-0.3, -0.25) is 14.2 Å². The van der Waals surface area contributed by atoms with Gasteiger partial charge in [0, 0.05) is 5.69 Å². The summed E-state index contributed by atoms with van der Waals surface area (Å²) in [5.74, 6) is -1.00. The van der Waals surface area contributed by atoms with E-state index < -0.39 is 29.8 Å². The normalized spacial score (nSPS) is 12.5. The van der Waals surface area contributed by atoms with Crippen molar-refractivity contribution in [3.05, 3.63) is 64.2 Å². The number of alkyl halides is 3. The summed E-state index contributed by atoms with van der Waals surface area (Å²) < 4.78 is 46.4. The van der Waals surface area contributed by atoms with Crippen LogP contribution in [-0.4, -0.2) is 38.5 Å². The number of hydrogen-bond acceptors (Lipinski definition) is 5. The fourth-order valence-electron chi connectivity index (χ4n) is 3.52. The molecular weight excluding hydrogens is 439 g/mol. The second kappa shape index (κ2) is 9.08. The van der Waals surface area contributed by atoms with E-state index in [1.165, 1.54) is 21.0 Å². The van der Waals surface area contributed by atoms with Crippen molar-refractivity contribution in [2.75, 3.05) is 12.4 Å². The number of aromatic nitrogens is 4. The molecule has 1 N–H and O–H groups in total. The van der Waals surface area contributed by atoms with Crippen LogP contribution in [0.4, 0.5) is 18.9 Å². The van der Waals surface area contributed by atoms with Crippen LogP contribution in [0, 0.1) is 20.8 Å². The minimum absolute atomic E-state index is 0.216. The number of carbonyl (C=O) groups excluding carboxylic acids is 2. The Kier molecular flexibility index (Phi) is 6.61. The van der Waals surface area contributed by atoms with Crippen LogP contribution >= 0.6 is 0 Å². The first-order chi connectivity index (χ1) is 15.4. The van der Waals surface area contributed by atoms with Crippen LogP contribution in [0.15, 0.2) is 30.3 Å². The van der Waals surface area contributed by atoms with E-state index in [1.807, 2.05) is 0 Å². The molecule has 0 saturated heterocycles. The van der Waals surface area contributed by atoms with Gasteiger partial charge < -0.3 is 10.1 Å². The number of nitrogens with one attached hydrogen (secondary N) is 1. The molecule has 2 aromatic heterocycles. The zero-order valence-corrected chi connectivity index (χ0v) is 18.8. The Morgan fingerprint density at radius 1 is 1.15 bits per heavy atom. The van der Waals surface area contributed by atoms with E-state index in [1.54, 1.807) is 42.8 Å². The number of anilines is 1. The van der Waals surface area contributed by atoms with Gasteiger partial charge in [-0.2, -0.15) is 23.4 Å². The van der Waals surface area contributed by atoms with Crippen LogP contribution < -0.4 is 5.32 Å². The van der Waals surface area contributed by atoms with Crippen molar-refractivity contribution < 1.29 is 27.5 Å². The quantitative estimate of drug-likeness (QED) is 0.557. The lowest BCUT2D eigenvalue weighted by molar-refractivity contribution is -0.141. The first-order valence-electron chi connectivity index (χ1n) is 10.1. The van der Waals surface area contributed by atoms with E-state index in [4.69, 9.17) is 4.74 Å². The fraction of sp³-hybridized carbons (Fsp3) is 0.364. The van der Waals surface area contributed by atoms with Gasteiger partial charge in [0.25, 0.3) is 0 Å². The lowest BCUT2D eigenvalue weighted by atomic mass is 10.1. The van der Waals surface area contributed by atoms with Gasteiger partial charge in [0.05, 0.1) is 36.3 Å². The molecule has 0 spiro atoms. The molecule has 2 heterocycles. The third-order valence-electron chi connectivity index (χ3n) is 5.33. The molecule has 1 atom stereocenters. The van der Waals surface area contributed by atoms with Crippen LogP contribution in [-0.2, 0) is 22.3 Å². The van der Waals surface area contributed by atoms with Gasteiger partial charge in [-0.15, -0.1) is 0 Å². The average Bonchev–Trinajstić information content (AvgIpc) is 3.28. The number of benzene rings is 1. The largest absolute Gasteiger partial charge is 0.465 e. The topological polar surface area (TPSA) is 91.0 Å². The lowest BCUT2D eigenvalue weighted by Gasteiger charge is -2.15. The molecule has 1 unspecified atom stereocenters. The van der Waals surface area contributed by atoms with Crippen molar-refractivity contribution in [1.29, 1.82) is 0 Å². The van der Waals surface area contributed by atoms with Crippen molar-refractivity contribution in [3.63, 3.8) is 0 Å². The van der Waals surface area contributed by atoms with Crippen LogP contribution in [0.3, 0.4) is 0 Å². The third kappa shape index (κ3) is 4.91. The van der Waals surface area contributed by atoms with Gasteiger partial charge in [0.2, 0.25) is 5.91 Å². The highest BCUT2D eigenvalue weighted by Crippen LogP contribution is 2.30. The number of carbonyl (C=O) groups is 2. The Labute approximate surface area is 188 Å². The monoisotopic (exact) mass is 463 g/mol. The molecule has 0 radical (unpaired) electrons. The molecule has 0 aliphatic carbocycles. The number of hydrogen-bond donors (Lipinski definition) is 1. The number of ether oxygens (including phenoxy) is 1. The molecule has 8 nitrogen and oxygen atoms in total. The minimum atomic E-state index is -4.60. The molecule has 3 aromatic rings. The predicted molar refractivity (Wildman–Crippen MR) is 114 cm³/mol. The van der Waals surface area contributed by atoms with Crippen LogP contribution in [0.25, 0.3) is 0 Å². The number of nitrogens with zero attached hydrogens (tertiary/aromatic N) is 4. The highest BCUT2D eigenvalue weighted by molar-refractivity contribution is 5.94. The molecule has 0 bridgehead atoms. The Balaban J connectivity index is 1.83. The Bertz CT molecular complexity index is 1200. The molecule has 176 valence electrons. The van der Waals surface area contributed by atoms with Gasteiger partial charge in [0.15, 0.2) is 5.69 Å². The van der Waals surface area contributed by atoms with Crippen molar-refractivity contribution in [3.8, 4) is 0 Å². The predicted octanol–water partition coefficient (Wildman–Crippen LogP) is 4.06. The first-order valence-corrected chi connectivity index (χ1v) is 10.1. The average molecular weight is 463 g/mol. The third-order valence-corrected chi connectivity index (χ3v) is 5.33. The summed E-state index contributed by atoms with van der Waals surface area (Å²) in [5, 5.41) is 10.8. The Hall–Kier alpha value is -3.63. The van der Waals surface area contributed by atoms with Crippen molar-refractivity contribution in [2.45, 2.75) is 46.5 Å². The molecule has 3 rings (SSSR count). The molecule has 0 aliphatic heterocycles. The zero-order chi connectivity index (χ0) is 24.5. The molecule has 0 fully saturated rings. The summed E-state index contributed by atoms with van der Waals surface area (Å²) in [6.45, 7) is 6.64. The minimum Gasteiger partial charge on any atom is -0.465 e. The van der Waals surface area contributed by atoms with Crippen LogP contribution in [0.2, 0.25) is 0 Å².